The second kappa shape index (κ2) is 6.27. The first-order valence-electron chi connectivity index (χ1n) is 7.16. The van der Waals surface area contributed by atoms with Gasteiger partial charge in [-0.1, -0.05) is 12.5 Å². The van der Waals surface area contributed by atoms with Crippen molar-refractivity contribution in [3.05, 3.63) is 46.5 Å². The fourth-order valence-electron chi connectivity index (χ4n) is 2.47. The van der Waals surface area contributed by atoms with Crippen LogP contribution in [-0.4, -0.2) is 17.4 Å². The summed E-state index contributed by atoms with van der Waals surface area (Å²) in [6.07, 6.45) is 5.88. The Morgan fingerprint density at radius 2 is 2.25 bits per heavy atom. The summed E-state index contributed by atoms with van der Waals surface area (Å²) in [7, 11) is 0. The van der Waals surface area contributed by atoms with Crippen LogP contribution in [0.2, 0.25) is 0 Å². The maximum Gasteiger partial charge on any atom is 0.226 e. The van der Waals surface area contributed by atoms with Crippen LogP contribution in [0.1, 0.15) is 29.9 Å². The number of furan rings is 1. The predicted molar refractivity (Wildman–Crippen MR) is 79.5 cm³/mol. The van der Waals surface area contributed by atoms with Crippen molar-refractivity contribution in [2.75, 3.05) is 6.54 Å². The summed E-state index contributed by atoms with van der Waals surface area (Å²) in [5, 5.41) is 2.08. The van der Waals surface area contributed by atoms with Gasteiger partial charge >= 0.3 is 0 Å². The van der Waals surface area contributed by atoms with E-state index in [0.29, 0.717) is 12.5 Å². The lowest BCUT2D eigenvalue weighted by Crippen LogP contribution is -2.39. The van der Waals surface area contributed by atoms with Gasteiger partial charge in [0.05, 0.1) is 12.8 Å². The molecule has 0 unspecified atom stereocenters. The van der Waals surface area contributed by atoms with Gasteiger partial charge in [-0.3, -0.25) is 4.79 Å². The first-order valence-corrected chi connectivity index (χ1v) is 8.04. The molecule has 1 aliphatic carbocycles. The zero-order valence-electron chi connectivity index (χ0n) is 11.5. The minimum absolute atomic E-state index is 0.244. The number of rotatable bonds is 6. The molecule has 3 rings (SSSR count). The summed E-state index contributed by atoms with van der Waals surface area (Å²) in [5.74, 6) is 1.40. The van der Waals surface area contributed by atoms with Gasteiger partial charge in [0.2, 0.25) is 5.91 Å². The Morgan fingerprint density at radius 1 is 1.35 bits per heavy atom. The van der Waals surface area contributed by atoms with Crippen LogP contribution in [0.4, 0.5) is 0 Å². The predicted octanol–water partition coefficient (Wildman–Crippen LogP) is 3.71. The monoisotopic (exact) mass is 289 g/mol. The van der Waals surface area contributed by atoms with E-state index >= 15 is 0 Å². The smallest absolute Gasteiger partial charge is 0.226 e. The van der Waals surface area contributed by atoms with Crippen LogP contribution < -0.4 is 0 Å². The lowest BCUT2D eigenvalue weighted by Gasteiger charge is -2.31. The molecule has 1 amide bonds. The molecule has 0 spiro atoms. The van der Waals surface area contributed by atoms with Crippen molar-refractivity contribution in [1.82, 2.24) is 4.90 Å². The van der Waals surface area contributed by atoms with Gasteiger partial charge in [-0.15, -0.1) is 11.3 Å². The zero-order chi connectivity index (χ0) is 13.8. The highest BCUT2D eigenvalue weighted by atomic mass is 32.1. The molecule has 0 saturated heterocycles. The molecule has 1 aliphatic rings. The number of hydrogen-bond donors (Lipinski definition) is 0. The highest BCUT2D eigenvalue weighted by Crippen LogP contribution is 2.29. The summed E-state index contributed by atoms with van der Waals surface area (Å²) in [6.45, 7) is 1.37. The first kappa shape index (κ1) is 13.4. The van der Waals surface area contributed by atoms with Crippen molar-refractivity contribution >= 4 is 17.2 Å². The Kier molecular flexibility index (Phi) is 4.21. The second-order valence-electron chi connectivity index (χ2n) is 5.30. The third-order valence-corrected chi connectivity index (χ3v) is 4.84. The van der Waals surface area contributed by atoms with Crippen LogP contribution in [0.25, 0.3) is 0 Å². The molecule has 0 atom stereocenters. The molecule has 4 heteroatoms. The lowest BCUT2D eigenvalue weighted by atomic mass is 9.84. The molecule has 2 aromatic heterocycles. The summed E-state index contributed by atoms with van der Waals surface area (Å²) in [5.41, 5.74) is 0. The van der Waals surface area contributed by atoms with Gasteiger partial charge in [0.15, 0.2) is 0 Å². The van der Waals surface area contributed by atoms with Gasteiger partial charge in [0.1, 0.15) is 5.76 Å². The van der Waals surface area contributed by atoms with Gasteiger partial charge in [0.25, 0.3) is 0 Å². The third-order valence-electron chi connectivity index (χ3n) is 3.90. The molecule has 2 aromatic rings. The summed E-state index contributed by atoms with van der Waals surface area (Å²) in [4.78, 5) is 15.8. The molecule has 0 N–H and O–H groups in total. The zero-order valence-corrected chi connectivity index (χ0v) is 12.3. The number of thiophene rings is 1. The number of hydrogen-bond acceptors (Lipinski definition) is 3. The first-order chi connectivity index (χ1) is 9.83. The topological polar surface area (TPSA) is 33.5 Å². The second-order valence-corrected chi connectivity index (χ2v) is 6.33. The molecule has 0 bridgehead atoms. The standard InChI is InChI=1S/C16H19NO2S/c18-16(13-4-1-5-13)17(12-14-6-2-10-19-14)9-8-15-7-3-11-20-15/h2-3,6-7,10-11,13H,1,4-5,8-9,12H2. The molecule has 3 nitrogen and oxygen atoms in total. The normalized spacial score (nSPS) is 15.0. The quantitative estimate of drug-likeness (QED) is 0.812. The largest absolute Gasteiger partial charge is 0.467 e. The van der Waals surface area contributed by atoms with Gasteiger partial charge < -0.3 is 9.32 Å². The van der Waals surface area contributed by atoms with E-state index in [0.717, 1.165) is 31.6 Å². The fourth-order valence-corrected chi connectivity index (χ4v) is 3.17. The van der Waals surface area contributed by atoms with E-state index in [2.05, 4.69) is 17.5 Å². The summed E-state index contributed by atoms with van der Waals surface area (Å²) < 4.78 is 5.39. The minimum Gasteiger partial charge on any atom is -0.467 e. The van der Waals surface area contributed by atoms with Crippen LogP contribution in [0.3, 0.4) is 0 Å². The van der Waals surface area contributed by atoms with E-state index in [1.54, 1.807) is 17.6 Å². The molecule has 1 fully saturated rings. The van der Waals surface area contributed by atoms with Crippen molar-refractivity contribution in [3.8, 4) is 0 Å². The Balaban J connectivity index is 1.63. The highest BCUT2D eigenvalue weighted by molar-refractivity contribution is 7.09. The van der Waals surface area contributed by atoms with Crippen molar-refractivity contribution in [2.24, 2.45) is 5.92 Å². The Morgan fingerprint density at radius 3 is 2.85 bits per heavy atom. The van der Waals surface area contributed by atoms with E-state index in [1.165, 1.54) is 11.3 Å². The third kappa shape index (κ3) is 3.12. The molecule has 0 radical (unpaired) electrons. The maximum absolute atomic E-state index is 12.5. The fraction of sp³-hybridized carbons (Fsp3) is 0.438. The number of carbonyl (C=O) groups excluding carboxylic acids is 1. The van der Waals surface area contributed by atoms with Gasteiger partial charge in [0, 0.05) is 17.3 Å². The van der Waals surface area contributed by atoms with E-state index in [9.17, 15) is 4.79 Å². The summed E-state index contributed by atoms with van der Waals surface area (Å²) in [6, 6.07) is 8.00. The van der Waals surface area contributed by atoms with Crippen LogP contribution in [0.5, 0.6) is 0 Å². The van der Waals surface area contributed by atoms with Gasteiger partial charge in [-0.25, -0.2) is 0 Å². The molecule has 20 heavy (non-hydrogen) atoms. The SMILES string of the molecule is O=C(C1CCC1)N(CCc1cccs1)Cc1ccco1. The van der Waals surface area contributed by atoms with Crippen molar-refractivity contribution in [2.45, 2.75) is 32.2 Å². The van der Waals surface area contributed by atoms with Crippen molar-refractivity contribution < 1.29 is 9.21 Å². The number of nitrogens with zero attached hydrogens (tertiary/aromatic N) is 1. The van der Waals surface area contributed by atoms with Crippen molar-refractivity contribution in [1.29, 1.82) is 0 Å². The average Bonchev–Trinajstić information content (AvgIpc) is 3.05. The lowest BCUT2D eigenvalue weighted by molar-refractivity contribution is -0.139. The van der Waals surface area contributed by atoms with E-state index in [4.69, 9.17) is 4.42 Å². The Hall–Kier alpha value is -1.55. The van der Waals surface area contributed by atoms with Crippen LogP contribution in [0.15, 0.2) is 40.3 Å². The molecule has 0 aromatic carbocycles. The van der Waals surface area contributed by atoms with Crippen molar-refractivity contribution in [3.63, 3.8) is 0 Å². The number of amides is 1. The molecule has 0 aliphatic heterocycles. The Bertz CT molecular complexity index is 529. The molecule has 1 saturated carbocycles. The van der Waals surface area contributed by atoms with Crippen LogP contribution >= 0.6 is 11.3 Å². The van der Waals surface area contributed by atoms with Crippen LogP contribution in [0, 0.1) is 5.92 Å². The molecular weight excluding hydrogens is 270 g/mol. The van der Waals surface area contributed by atoms with E-state index < -0.39 is 0 Å². The van der Waals surface area contributed by atoms with E-state index in [-0.39, 0.29) is 5.92 Å². The molecule has 2 heterocycles. The molecular formula is C16H19NO2S. The number of carbonyl (C=O) groups is 1. The molecule has 106 valence electrons. The van der Waals surface area contributed by atoms with Crippen LogP contribution in [-0.2, 0) is 17.8 Å². The average molecular weight is 289 g/mol. The van der Waals surface area contributed by atoms with E-state index in [1.807, 2.05) is 17.0 Å². The van der Waals surface area contributed by atoms with Gasteiger partial charge in [-0.2, -0.15) is 0 Å². The summed E-state index contributed by atoms with van der Waals surface area (Å²) >= 11 is 1.75. The maximum atomic E-state index is 12.5. The highest BCUT2D eigenvalue weighted by Gasteiger charge is 2.29. The Labute approximate surface area is 123 Å². The minimum atomic E-state index is 0.244. The van der Waals surface area contributed by atoms with Gasteiger partial charge in [-0.05, 0) is 42.8 Å².